The standard InChI is InChI=1S/C19H20N3O3S.BrH/c1-14-5-2-7-16(11-14)20-13-19(23,21-9-4-10-26-18(20)21)15-6-3-8-17(12-15)22(24)25;/h2-3,5-8,11-12,23H,4,9-10,13H2,1H3;1H/q+1;/p-1. The molecule has 1 unspecified atom stereocenters. The summed E-state index contributed by atoms with van der Waals surface area (Å²) < 4.78 is 1.99. The van der Waals surface area contributed by atoms with Crippen LogP contribution in [0.3, 0.4) is 0 Å². The molecule has 2 aliphatic rings. The van der Waals surface area contributed by atoms with E-state index < -0.39 is 10.6 Å². The van der Waals surface area contributed by atoms with Gasteiger partial charge in [-0.2, -0.15) is 0 Å². The fourth-order valence-corrected chi connectivity index (χ4v) is 4.79. The highest BCUT2D eigenvalue weighted by atomic mass is 79.9. The Morgan fingerprint density at radius 3 is 2.78 bits per heavy atom. The smallest absolute Gasteiger partial charge is 0.316 e. The molecule has 0 spiro atoms. The normalized spacial score (nSPS) is 21.6. The van der Waals surface area contributed by atoms with E-state index in [1.54, 1.807) is 23.9 Å². The lowest BCUT2D eigenvalue weighted by molar-refractivity contribution is -0.656. The third-order valence-electron chi connectivity index (χ3n) is 4.88. The van der Waals surface area contributed by atoms with Gasteiger partial charge in [0, 0.05) is 23.4 Å². The second-order valence-electron chi connectivity index (χ2n) is 6.69. The fourth-order valence-electron chi connectivity index (χ4n) is 3.61. The zero-order chi connectivity index (χ0) is 18.3. The molecule has 0 aliphatic carbocycles. The van der Waals surface area contributed by atoms with Crippen molar-refractivity contribution in [3.05, 3.63) is 69.8 Å². The van der Waals surface area contributed by atoms with Gasteiger partial charge in [0.25, 0.3) is 11.4 Å². The van der Waals surface area contributed by atoms with Gasteiger partial charge in [-0.05, 0) is 42.8 Å². The van der Waals surface area contributed by atoms with Crippen molar-refractivity contribution in [3.63, 3.8) is 0 Å². The highest BCUT2D eigenvalue weighted by molar-refractivity contribution is 8.13. The summed E-state index contributed by atoms with van der Waals surface area (Å²) in [6, 6.07) is 14.5. The molecule has 142 valence electrons. The molecule has 2 aliphatic heterocycles. The van der Waals surface area contributed by atoms with Crippen LogP contribution < -0.4 is 21.9 Å². The number of rotatable bonds is 3. The van der Waals surface area contributed by atoms with Crippen molar-refractivity contribution >= 4 is 28.3 Å². The number of nitro groups is 1. The second kappa shape index (κ2) is 7.61. The van der Waals surface area contributed by atoms with E-state index in [0.717, 1.165) is 35.1 Å². The van der Waals surface area contributed by atoms with Crippen LogP contribution >= 0.6 is 11.8 Å². The van der Waals surface area contributed by atoms with Gasteiger partial charge in [-0.3, -0.25) is 10.1 Å². The topological polar surface area (TPSA) is 69.6 Å². The van der Waals surface area contributed by atoms with Crippen LogP contribution in [0.4, 0.5) is 11.4 Å². The van der Waals surface area contributed by atoms with Crippen molar-refractivity contribution in [2.75, 3.05) is 23.7 Å². The molecule has 6 nitrogen and oxygen atoms in total. The van der Waals surface area contributed by atoms with Gasteiger partial charge in [0.15, 0.2) is 6.54 Å². The molecule has 0 amide bonds. The van der Waals surface area contributed by atoms with Crippen molar-refractivity contribution in [2.45, 2.75) is 19.1 Å². The number of benzene rings is 2. The zero-order valence-electron chi connectivity index (χ0n) is 14.8. The number of thioether (sulfide) groups is 1. The average Bonchev–Trinajstić information content (AvgIpc) is 2.96. The Hall–Kier alpha value is -1.90. The molecule has 0 bridgehead atoms. The summed E-state index contributed by atoms with van der Waals surface area (Å²) in [5.41, 5.74) is 1.46. The molecule has 8 heteroatoms. The summed E-state index contributed by atoms with van der Waals surface area (Å²) in [4.78, 5) is 12.9. The Bertz CT molecular complexity index is 921. The monoisotopic (exact) mass is 449 g/mol. The molecule has 2 aromatic rings. The minimum Gasteiger partial charge on any atom is -1.00 e. The van der Waals surface area contributed by atoms with Gasteiger partial charge >= 0.3 is 5.17 Å². The van der Waals surface area contributed by atoms with E-state index in [4.69, 9.17) is 0 Å². The first-order valence-corrected chi connectivity index (χ1v) is 9.56. The first kappa shape index (κ1) is 19.9. The number of aryl methyl sites for hydroxylation is 1. The number of anilines is 1. The van der Waals surface area contributed by atoms with Crippen LogP contribution in [0.5, 0.6) is 0 Å². The molecular formula is C19H20BrN3O3S. The lowest BCUT2D eigenvalue weighted by atomic mass is 10.0. The molecule has 2 heterocycles. The summed E-state index contributed by atoms with van der Waals surface area (Å²) in [6.45, 7) is 3.12. The number of hydrogen-bond acceptors (Lipinski definition) is 5. The Morgan fingerprint density at radius 1 is 1.26 bits per heavy atom. The Labute approximate surface area is 172 Å². The molecule has 1 atom stereocenters. The number of aliphatic hydroxyl groups is 1. The highest BCUT2D eigenvalue weighted by Gasteiger charge is 2.53. The zero-order valence-corrected chi connectivity index (χ0v) is 17.2. The predicted molar refractivity (Wildman–Crippen MR) is 103 cm³/mol. The summed E-state index contributed by atoms with van der Waals surface area (Å²) in [7, 11) is 0. The quantitative estimate of drug-likeness (QED) is 0.408. The number of non-ortho nitro benzene ring substituents is 1. The molecule has 0 saturated heterocycles. The van der Waals surface area contributed by atoms with Crippen molar-refractivity contribution in [2.24, 2.45) is 0 Å². The molecule has 27 heavy (non-hydrogen) atoms. The largest absolute Gasteiger partial charge is 1.00 e. The fraction of sp³-hybridized carbons (Fsp3) is 0.316. The number of nitrogens with zero attached hydrogens (tertiary/aromatic N) is 3. The van der Waals surface area contributed by atoms with E-state index in [1.807, 2.05) is 29.7 Å². The lowest BCUT2D eigenvalue weighted by Gasteiger charge is -2.24. The summed E-state index contributed by atoms with van der Waals surface area (Å²) in [6.07, 6.45) is 0.965. The van der Waals surface area contributed by atoms with Crippen LogP contribution in [0.2, 0.25) is 0 Å². The van der Waals surface area contributed by atoms with Crippen molar-refractivity contribution < 1.29 is 31.6 Å². The van der Waals surface area contributed by atoms with Crippen LogP contribution in [-0.2, 0) is 5.72 Å². The number of hydrogen-bond donors (Lipinski definition) is 1. The Kier molecular flexibility index (Phi) is 5.60. The van der Waals surface area contributed by atoms with Gasteiger partial charge in [-0.25, -0.2) is 9.48 Å². The number of halogens is 1. The second-order valence-corrected chi connectivity index (χ2v) is 7.75. The maximum absolute atomic E-state index is 11.6. The van der Waals surface area contributed by atoms with E-state index in [2.05, 4.69) is 11.0 Å². The molecule has 0 aromatic heterocycles. The molecular weight excluding hydrogens is 430 g/mol. The molecule has 1 N–H and O–H groups in total. The van der Waals surface area contributed by atoms with Crippen LogP contribution in [-0.4, -0.2) is 38.6 Å². The van der Waals surface area contributed by atoms with Crippen LogP contribution in [0.1, 0.15) is 17.5 Å². The molecule has 0 fully saturated rings. The first-order chi connectivity index (χ1) is 12.5. The van der Waals surface area contributed by atoms with E-state index in [-0.39, 0.29) is 22.7 Å². The van der Waals surface area contributed by atoms with Gasteiger partial charge in [0.05, 0.1) is 11.5 Å². The maximum atomic E-state index is 11.6. The number of nitro benzene ring substituents is 1. The SMILES string of the molecule is Cc1cccc(N2CC(O)(c3cccc([N+](=O)[O-])c3)[N+]3=C2SCCC3)c1.[Br-]. The van der Waals surface area contributed by atoms with Crippen molar-refractivity contribution in [3.8, 4) is 0 Å². The molecule has 2 aromatic carbocycles. The Balaban J connectivity index is 0.00000210. The van der Waals surface area contributed by atoms with Crippen LogP contribution in [0, 0.1) is 17.0 Å². The van der Waals surface area contributed by atoms with Crippen LogP contribution in [0.25, 0.3) is 0 Å². The average molecular weight is 450 g/mol. The Morgan fingerprint density at radius 2 is 2.04 bits per heavy atom. The van der Waals surface area contributed by atoms with Gasteiger partial charge in [-0.1, -0.05) is 24.3 Å². The first-order valence-electron chi connectivity index (χ1n) is 8.58. The minimum absolute atomic E-state index is 0. The molecule has 4 rings (SSSR count). The lowest BCUT2D eigenvalue weighted by Crippen LogP contribution is -3.00. The van der Waals surface area contributed by atoms with Crippen LogP contribution in [0.15, 0.2) is 48.5 Å². The van der Waals surface area contributed by atoms with Gasteiger partial charge in [-0.15, -0.1) is 0 Å². The minimum atomic E-state index is -1.28. The van der Waals surface area contributed by atoms with Gasteiger partial charge in [0.1, 0.15) is 5.69 Å². The number of β-amino-alcohol motifs (C(OH)–C–C–N with tert-alkyl or cyclic N) is 1. The summed E-state index contributed by atoms with van der Waals surface area (Å²) in [5, 5.41) is 23.8. The number of amidine groups is 1. The van der Waals surface area contributed by atoms with Crippen molar-refractivity contribution in [1.29, 1.82) is 0 Å². The van der Waals surface area contributed by atoms with E-state index in [1.165, 1.54) is 12.1 Å². The third-order valence-corrected chi connectivity index (χ3v) is 6.07. The van der Waals surface area contributed by atoms with E-state index >= 15 is 0 Å². The van der Waals surface area contributed by atoms with Gasteiger partial charge in [0.2, 0.25) is 0 Å². The van der Waals surface area contributed by atoms with Gasteiger partial charge < -0.3 is 22.1 Å². The third kappa shape index (κ3) is 3.49. The predicted octanol–water partition coefficient (Wildman–Crippen LogP) is 0.0779. The summed E-state index contributed by atoms with van der Waals surface area (Å²) >= 11 is 1.72. The summed E-state index contributed by atoms with van der Waals surface area (Å²) in [5.74, 6) is 0.999. The molecule has 0 radical (unpaired) electrons. The van der Waals surface area contributed by atoms with E-state index in [0.29, 0.717) is 12.1 Å². The highest BCUT2D eigenvalue weighted by Crippen LogP contribution is 2.38. The maximum Gasteiger partial charge on any atom is 0.316 e. The van der Waals surface area contributed by atoms with E-state index in [9.17, 15) is 15.2 Å². The molecule has 0 saturated carbocycles. The van der Waals surface area contributed by atoms with Crippen molar-refractivity contribution in [1.82, 2.24) is 0 Å².